The highest BCUT2D eigenvalue weighted by atomic mass is 19.4. The van der Waals surface area contributed by atoms with Gasteiger partial charge in [-0.15, -0.1) is 0 Å². The highest BCUT2D eigenvalue weighted by Gasteiger charge is 2.45. The molecule has 1 aliphatic heterocycles. The first-order valence-corrected chi connectivity index (χ1v) is 14.5. The van der Waals surface area contributed by atoms with Gasteiger partial charge in [-0.25, -0.2) is 9.48 Å². The van der Waals surface area contributed by atoms with Crippen LogP contribution in [0, 0.1) is 6.92 Å². The third-order valence-corrected chi connectivity index (χ3v) is 7.65. The van der Waals surface area contributed by atoms with E-state index in [4.69, 9.17) is 5.10 Å². The number of para-hydroxylation sites is 1. The van der Waals surface area contributed by atoms with Crippen molar-refractivity contribution in [2.45, 2.75) is 32.0 Å². The second-order valence-corrected chi connectivity index (χ2v) is 10.6. The minimum absolute atomic E-state index is 0.203. The molecule has 0 saturated heterocycles. The molecule has 13 heteroatoms. The number of hydrogen-bond donors (Lipinski definition) is 2. The number of methoxy groups -OCH3 is 1. The van der Waals surface area contributed by atoms with Gasteiger partial charge >= 0.3 is 12.1 Å². The van der Waals surface area contributed by atoms with Crippen molar-refractivity contribution in [3.63, 3.8) is 0 Å². The maximum Gasteiger partial charge on any atom is 0.416 e. The van der Waals surface area contributed by atoms with Crippen LogP contribution in [-0.4, -0.2) is 53.2 Å². The number of hydrogen-bond acceptors (Lipinski definition) is 6. The number of esters is 1. The first-order valence-electron chi connectivity index (χ1n) is 14.5. The molecule has 4 aromatic rings. The molecule has 2 heterocycles. The van der Waals surface area contributed by atoms with Crippen LogP contribution in [0.15, 0.2) is 91.0 Å². The smallest absolute Gasteiger partial charge is 0.416 e. The van der Waals surface area contributed by atoms with Crippen LogP contribution < -0.4 is 15.5 Å². The molecule has 0 bridgehead atoms. The van der Waals surface area contributed by atoms with E-state index in [2.05, 4.69) is 15.4 Å². The van der Waals surface area contributed by atoms with Gasteiger partial charge < -0.3 is 15.4 Å². The molecule has 0 spiro atoms. The van der Waals surface area contributed by atoms with Crippen molar-refractivity contribution >= 4 is 35.2 Å². The molecule has 0 aliphatic carbocycles. The summed E-state index contributed by atoms with van der Waals surface area (Å²) < 4.78 is 46.5. The molecule has 2 atom stereocenters. The van der Waals surface area contributed by atoms with Crippen molar-refractivity contribution in [1.82, 2.24) is 15.1 Å². The molecule has 0 unspecified atom stereocenters. The number of ether oxygens (including phenoxy) is 1. The van der Waals surface area contributed by atoms with Gasteiger partial charge in [0.05, 0.1) is 24.1 Å². The summed E-state index contributed by atoms with van der Waals surface area (Å²) in [5.41, 5.74) is 1.41. The standard InChI is InChI=1S/C34H30F3N5O5/c1-4-41-32-28(20(2)40-42(32)25-14-6-5-7-15-25)29(21-10-9-13-24(19-21)38-26(43)16-17-27(44)47-3)30(33(41)46)39-31(45)22-11-8-12-23(18-22)34(35,36)37/h5-19,29-30H,4H2,1-3H3,(H,38,43)(H,39,45)/b17-16+/t29-,30+/m0/s1. The molecule has 1 aliphatic rings. The fourth-order valence-electron chi connectivity index (χ4n) is 5.56. The van der Waals surface area contributed by atoms with Crippen LogP contribution in [-0.2, 0) is 25.3 Å². The summed E-state index contributed by atoms with van der Waals surface area (Å²) in [5.74, 6) is -3.09. The van der Waals surface area contributed by atoms with Crippen molar-refractivity contribution in [1.29, 1.82) is 0 Å². The normalized spacial score (nSPS) is 16.1. The predicted octanol–water partition coefficient (Wildman–Crippen LogP) is 5.16. The van der Waals surface area contributed by atoms with Crippen LogP contribution in [0.2, 0.25) is 0 Å². The van der Waals surface area contributed by atoms with E-state index in [9.17, 15) is 32.3 Å². The van der Waals surface area contributed by atoms with Crippen LogP contribution in [0.1, 0.15) is 45.6 Å². The topological polar surface area (TPSA) is 123 Å². The Morgan fingerprint density at radius 3 is 2.38 bits per heavy atom. The van der Waals surface area contributed by atoms with Gasteiger partial charge in [-0.1, -0.05) is 36.4 Å². The minimum atomic E-state index is -4.67. The first kappa shape index (κ1) is 32.7. The average Bonchev–Trinajstić information content (AvgIpc) is 3.40. The van der Waals surface area contributed by atoms with Crippen molar-refractivity contribution in [3.8, 4) is 5.69 Å². The molecule has 0 fully saturated rings. The van der Waals surface area contributed by atoms with Gasteiger partial charge in [-0.3, -0.25) is 19.3 Å². The summed E-state index contributed by atoms with van der Waals surface area (Å²) in [6.45, 7) is 3.74. The van der Waals surface area contributed by atoms with Crippen LogP contribution in [0.4, 0.5) is 24.7 Å². The van der Waals surface area contributed by atoms with Gasteiger partial charge in [0.2, 0.25) is 5.91 Å². The number of alkyl halides is 3. The van der Waals surface area contributed by atoms with Crippen molar-refractivity contribution in [3.05, 3.63) is 119 Å². The van der Waals surface area contributed by atoms with E-state index < -0.39 is 47.4 Å². The Balaban J connectivity index is 1.62. The highest BCUT2D eigenvalue weighted by Crippen LogP contribution is 2.44. The van der Waals surface area contributed by atoms with Gasteiger partial charge in [0.25, 0.3) is 11.8 Å². The second kappa shape index (κ2) is 13.3. The molecule has 0 saturated carbocycles. The zero-order valence-corrected chi connectivity index (χ0v) is 25.5. The molecule has 242 valence electrons. The number of aryl methyl sites for hydroxylation is 1. The number of aromatic nitrogens is 2. The van der Waals surface area contributed by atoms with E-state index in [1.165, 1.54) is 18.1 Å². The number of carbonyl (C=O) groups is 4. The Hall–Kier alpha value is -5.72. The summed E-state index contributed by atoms with van der Waals surface area (Å²) in [5, 5.41) is 10.1. The van der Waals surface area contributed by atoms with Crippen molar-refractivity contribution < 1.29 is 37.1 Å². The number of fused-ring (bicyclic) bond motifs is 1. The van der Waals surface area contributed by atoms with Gasteiger partial charge in [-0.2, -0.15) is 18.3 Å². The molecular formula is C34H30F3N5O5. The number of anilines is 2. The Morgan fingerprint density at radius 2 is 1.70 bits per heavy atom. The lowest BCUT2D eigenvalue weighted by molar-refractivity contribution is -0.137. The van der Waals surface area contributed by atoms with Crippen molar-refractivity contribution in [2.75, 3.05) is 23.9 Å². The summed E-state index contributed by atoms with van der Waals surface area (Å²) in [6.07, 6.45) is -2.70. The quantitative estimate of drug-likeness (QED) is 0.202. The molecular weight excluding hydrogens is 615 g/mol. The van der Waals surface area contributed by atoms with E-state index in [0.717, 1.165) is 30.4 Å². The minimum Gasteiger partial charge on any atom is -0.466 e. The molecule has 1 aromatic heterocycles. The Morgan fingerprint density at radius 1 is 0.979 bits per heavy atom. The molecule has 3 amide bonds. The first-order chi connectivity index (χ1) is 22.4. The molecule has 5 rings (SSSR count). The maximum atomic E-state index is 14.3. The number of likely N-dealkylation sites (N-methyl/N-ethyl adjacent to an activating group) is 1. The lowest BCUT2D eigenvalue weighted by Crippen LogP contribution is -2.55. The highest BCUT2D eigenvalue weighted by molar-refractivity contribution is 6.06. The fourth-order valence-corrected chi connectivity index (χ4v) is 5.56. The molecule has 10 nitrogen and oxygen atoms in total. The number of rotatable bonds is 8. The lowest BCUT2D eigenvalue weighted by Gasteiger charge is -2.38. The molecule has 47 heavy (non-hydrogen) atoms. The Labute approximate surface area is 267 Å². The Kier molecular flexibility index (Phi) is 9.27. The number of benzene rings is 3. The number of amides is 3. The third-order valence-electron chi connectivity index (χ3n) is 7.65. The summed E-state index contributed by atoms with van der Waals surface area (Å²) in [4.78, 5) is 53.3. The predicted molar refractivity (Wildman–Crippen MR) is 167 cm³/mol. The lowest BCUT2D eigenvalue weighted by atomic mass is 9.81. The fraction of sp³-hybridized carbons (Fsp3) is 0.206. The second-order valence-electron chi connectivity index (χ2n) is 10.6. The number of nitrogens with zero attached hydrogens (tertiary/aromatic N) is 3. The monoisotopic (exact) mass is 645 g/mol. The van der Waals surface area contributed by atoms with E-state index in [0.29, 0.717) is 34.0 Å². The largest absolute Gasteiger partial charge is 0.466 e. The Bertz CT molecular complexity index is 1870. The summed E-state index contributed by atoms with van der Waals surface area (Å²) in [7, 11) is 1.18. The van der Waals surface area contributed by atoms with Gasteiger partial charge in [-0.05, 0) is 61.9 Å². The molecule has 0 radical (unpaired) electrons. The third kappa shape index (κ3) is 6.78. The maximum absolute atomic E-state index is 14.3. The number of nitrogens with one attached hydrogen (secondary N) is 2. The van der Waals surface area contributed by atoms with Gasteiger partial charge in [0.15, 0.2) is 0 Å². The number of carbonyl (C=O) groups excluding carboxylic acids is 4. The molecule has 3 aromatic carbocycles. The average molecular weight is 646 g/mol. The van der Waals surface area contributed by atoms with Crippen molar-refractivity contribution in [2.24, 2.45) is 0 Å². The van der Waals surface area contributed by atoms with E-state index >= 15 is 0 Å². The van der Waals surface area contributed by atoms with Crippen LogP contribution in [0.25, 0.3) is 5.69 Å². The van der Waals surface area contributed by atoms with E-state index in [-0.39, 0.29) is 12.1 Å². The van der Waals surface area contributed by atoms with Crippen LogP contribution >= 0.6 is 0 Å². The van der Waals surface area contributed by atoms with E-state index in [1.54, 1.807) is 42.8 Å². The van der Waals surface area contributed by atoms with Gasteiger partial charge in [0.1, 0.15) is 11.9 Å². The summed E-state index contributed by atoms with van der Waals surface area (Å²) in [6, 6.07) is 18.5. The van der Waals surface area contributed by atoms with E-state index in [1.807, 2.05) is 30.3 Å². The zero-order valence-electron chi connectivity index (χ0n) is 25.5. The zero-order chi connectivity index (χ0) is 33.9. The summed E-state index contributed by atoms with van der Waals surface area (Å²) >= 11 is 0. The van der Waals surface area contributed by atoms with Gasteiger partial charge in [0, 0.05) is 41.4 Å². The molecule has 2 N–H and O–H groups in total. The van der Waals surface area contributed by atoms with Crippen LogP contribution in [0.3, 0.4) is 0 Å². The number of halogens is 3. The van der Waals surface area contributed by atoms with Crippen LogP contribution in [0.5, 0.6) is 0 Å². The SMILES string of the molecule is CCN1C(=O)[C@H](NC(=O)c2cccc(C(F)(F)F)c2)[C@@H](c2cccc(NC(=O)/C=C/C(=O)OC)c2)c2c(C)nn(-c3ccccc3)c21.